The van der Waals surface area contributed by atoms with Crippen LogP contribution in [-0.2, 0) is 21.9 Å². The number of hydrogen-bond donors (Lipinski definition) is 1. The maximum Gasteiger partial charge on any atom is 0.263 e. The van der Waals surface area contributed by atoms with Crippen LogP contribution < -0.4 is 5.73 Å². The molecule has 1 aromatic heterocycles. The molecule has 0 aromatic carbocycles. The Bertz CT molecular complexity index is 603. The zero-order valence-electron chi connectivity index (χ0n) is 11.8. The Morgan fingerprint density at radius 3 is 2.65 bits per heavy atom. The van der Waals surface area contributed by atoms with Gasteiger partial charge in [-0.2, -0.15) is 4.31 Å². The van der Waals surface area contributed by atoms with E-state index in [1.165, 1.54) is 20.1 Å². The number of carbonyl (C=O) groups excluding carboxylic acids is 1. The molecule has 8 nitrogen and oxygen atoms in total. The number of sulfonamides is 1. The molecule has 20 heavy (non-hydrogen) atoms. The molecule has 0 spiro atoms. The summed E-state index contributed by atoms with van der Waals surface area (Å²) in [5.74, 6) is -0.262. The van der Waals surface area contributed by atoms with E-state index in [1.807, 2.05) is 0 Å². The molecule has 0 bridgehead atoms. The summed E-state index contributed by atoms with van der Waals surface area (Å²) in [7, 11) is 0.971. The van der Waals surface area contributed by atoms with E-state index in [0.29, 0.717) is 19.4 Å². The molecule has 1 aliphatic heterocycles. The van der Waals surface area contributed by atoms with Gasteiger partial charge in [0, 0.05) is 27.7 Å². The first kappa shape index (κ1) is 14.8. The summed E-state index contributed by atoms with van der Waals surface area (Å²) < 4.78 is 28.0. The lowest BCUT2D eigenvalue weighted by molar-refractivity contribution is -0.132. The fourth-order valence-corrected chi connectivity index (χ4v) is 4.29. The monoisotopic (exact) mass is 301 g/mol. The van der Waals surface area contributed by atoms with Crippen molar-refractivity contribution in [2.75, 3.05) is 26.4 Å². The third kappa shape index (κ3) is 2.27. The zero-order chi connectivity index (χ0) is 15.1. The smallest absolute Gasteiger partial charge is 0.263 e. The van der Waals surface area contributed by atoms with E-state index in [4.69, 9.17) is 5.73 Å². The van der Waals surface area contributed by atoms with Crippen molar-refractivity contribution in [1.82, 2.24) is 18.8 Å². The molecule has 1 amide bonds. The van der Waals surface area contributed by atoms with Crippen LogP contribution in [0.4, 0.5) is 5.82 Å². The van der Waals surface area contributed by atoms with Gasteiger partial charge in [-0.1, -0.05) is 0 Å². The van der Waals surface area contributed by atoms with E-state index in [9.17, 15) is 13.2 Å². The summed E-state index contributed by atoms with van der Waals surface area (Å²) in [5.41, 5.74) is 5.64. The molecule has 0 saturated carbocycles. The number of anilines is 1. The molecule has 0 aliphatic carbocycles. The van der Waals surface area contributed by atoms with Gasteiger partial charge in [0.1, 0.15) is 6.04 Å². The van der Waals surface area contributed by atoms with E-state index in [2.05, 4.69) is 4.98 Å². The Morgan fingerprint density at radius 1 is 1.50 bits per heavy atom. The van der Waals surface area contributed by atoms with E-state index in [1.54, 1.807) is 21.1 Å². The predicted octanol–water partition coefficient (Wildman–Crippen LogP) is -0.756. The maximum atomic E-state index is 12.7. The third-order valence-electron chi connectivity index (χ3n) is 3.39. The first-order valence-electron chi connectivity index (χ1n) is 6.26. The summed E-state index contributed by atoms with van der Waals surface area (Å²) in [6.45, 7) is 0.317. The number of likely N-dealkylation sites (N-methyl/N-ethyl adjacent to an activating group) is 1. The maximum absolute atomic E-state index is 12.7. The third-order valence-corrected chi connectivity index (χ3v) is 5.43. The highest BCUT2D eigenvalue weighted by Gasteiger charge is 2.42. The molecule has 9 heteroatoms. The van der Waals surface area contributed by atoms with Crippen LogP contribution in [-0.4, -0.2) is 59.8 Å². The van der Waals surface area contributed by atoms with Crippen LogP contribution in [0.25, 0.3) is 0 Å². The van der Waals surface area contributed by atoms with Crippen molar-refractivity contribution in [1.29, 1.82) is 0 Å². The van der Waals surface area contributed by atoms with E-state index in [0.717, 1.165) is 0 Å². The van der Waals surface area contributed by atoms with Crippen molar-refractivity contribution in [3.8, 4) is 0 Å². The molecule has 1 unspecified atom stereocenters. The van der Waals surface area contributed by atoms with Crippen LogP contribution in [0.5, 0.6) is 0 Å². The Morgan fingerprint density at radius 2 is 2.15 bits per heavy atom. The Kier molecular flexibility index (Phi) is 3.74. The number of nitrogen functional groups attached to an aromatic ring is 1. The molecular weight excluding hydrogens is 282 g/mol. The lowest BCUT2D eigenvalue weighted by Crippen LogP contribution is -2.45. The topological polar surface area (TPSA) is 102 Å². The van der Waals surface area contributed by atoms with Crippen LogP contribution in [0.15, 0.2) is 11.4 Å². The second-order valence-corrected chi connectivity index (χ2v) is 6.86. The summed E-state index contributed by atoms with van der Waals surface area (Å²) in [5, 5.41) is -0.0593. The molecular formula is C11H19N5O3S. The number of amides is 1. The fourth-order valence-electron chi connectivity index (χ4n) is 2.44. The van der Waals surface area contributed by atoms with Crippen molar-refractivity contribution in [2.45, 2.75) is 23.9 Å². The van der Waals surface area contributed by atoms with Crippen LogP contribution >= 0.6 is 0 Å². The van der Waals surface area contributed by atoms with E-state index in [-0.39, 0.29) is 16.8 Å². The summed E-state index contributed by atoms with van der Waals surface area (Å²) in [6, 6.07) is -0.663. The van der Waals surface area contributed by atoms with Gasteiger partial charge in [-0.15, -0.1) is 0 Å². The van der Waals surface area contributed by atoms with E-state index >= 15 is 0 Å². The molecule has 2 N–H and O–H groups in total. The predicted molar refractivity (Wildman–Crippen MR) is 73.2 cm³/mol. The minimum absolute atomic E-state index is 0.0459. The lowest BCUT2D eigenvalue weighted by atomic mass is 10.2. The average molecular weight is 301 g/mol. The molecule has 1 atom stereocenters. The van der Waals surface area contributed by atoms with Gasteiger partial charge < -0.3 is 15.2 Å². The Hall–Kier alpha value is -1.61. The quantitative estimate of drug-likeness (QED) is 0.791. The molecule has 1 aromatic rings. The normalized spacial score (nSPS) is 20.2. The standard InChI is InChI=1S/C11H19N5O3S/c1-14(2)10(17)8-5-4-6-16(8)20(18,19)11-9(12)13-7-15(11)3/h7-8H,4-6,12H2,1-3H3. The first-order valence-corrected chi connectivity index (χ1v) is 7.70. The number of rotatable bonds is 3. The number of carbonyl (C=O) groups is 1. The molecule has 1 aliphatic rings. The average Bonchev–Trinajstić information content (AvgIpc) is 2.95. The number of aryl methyl sites for hydroxylation is 1. The Labute approximate surface area is 118 Å². The molecule has 0 radical (unpaired) electrons. The minimum Gasteiger partial charge on any atom is -0.381 e. The van der Waals surface area contributed by atoms with Gasteiger partial charge in [-0.25, -0.2) is 13.4 Å². The Balaban J connectivity index is 2.42. The van der Waals surface area contributed by atoms with Crippen LogP contribution in [0.2, 0.25) is 0 Å². The summed E-state index contributed by atoms with van der Waals surface area (Å²) >= 11 is 0. The van der Waals surface area contributed by atoms with Crippen molar-refractivity contribution < 1.29 is 13.2 Å². The van der Waals surface area contributed by atoms with Gasteiger partial charge in [-0.05, 0) is 12.8 Å². The number of aromatic nitrogens is 2. The summed E-state index contributed by atoms with van der Waals surface area (Å²) in [6.07, 6.45) is 2.52. The number of nitrogens with zero attached hydrogens (tertiary/aromatic N) is 4. The fraction of sp³-hybridized carbons (Fsp3) is 0.636. The molecule has 2 rings (SSSR count). The summed E-state index contributed by atoms with van der Waals surface area (Å²) in [4.78, 5) is 17.3. The number of nitrogens with two attached hydrogens (primary N) is 1. The molecule has 1 saturated heterocycles. The van der Waals surface area contributed by atoms with Gasteiger partial charge in [-0.3, -0.25) is 4.79 Å². The van der Waals surface area contributed by atoms with Gasteiger partial charge in [0.05, 0.1) is 6.33 Å². The van der Waals surface area contributed by atoms with Crippen LogP contribution in [0.1, 0.15) is 12.8 Å². The number of imidazole rings is 1. The SMILES string of the molecule is CN(C)C(=O)C1CCCN1S(=O)(=O)c1c(N)ncn1C. The van der Waals surface area contributed by atoms with Crippen molar-refractivity contribution in [3.63, 3.8) is 0 Å². The highest BCUT2D eigenvalue weighted by molar-refractivity contribution is 7.89. The highest BCUT2D eigenvalue weighted by Crippen LogP contribution is 2.28. The number of hydrogen-bond acceptors (Lipinski definition) is 5. The van der Waals surface area contributed by atoms with Crippen LogP contribution in [0, 0.1) is 0 Å². The van der Waals surface area contributed by atoms with Gasteiger partial charge in [0.15, 0.2) is 10.8 Å². The minimum atomic E-state index is -3.82. The second-order valence-electron chi connectivity index (χ2n) is 5.05. The van der Waals surface area contributed by atoms with E-state index < -0.39 is 16.1 Å². The van der Waals surface area contributed by atoms with Gasteiger partial charge >= 0.3 is 0 Å². The zero-order valence-corrected chi connectivity index (χ0v) is 12.6. The largest absolute Gasteiger partial charge is 0.381 e. The van der Waals surface area contributed by atoms with Crippen molar-refractivity contribution in [2.24, 2.45) is 7.05 Å². The second kappa shape index (κ2) is 5.06. The van der Waals surface area contributed by atoms with Crippen LogP contribution in [0.3, 0.4) is 0 Å². The van der Waals surface area contributed by atoms with Crippen molar-refractivity contribution >= 4 is 21.7 Å². The highest BCUT2D eigenvalue weighted by atomic mass is 32.2. The first-order chi connectivity index (χ1) is 9.26. The van der Waals surface area contributed by atoms with Gasteiger partial charge in [0.25, 0.3) is 10.0 Å². The molecule has 2 heterocycles. The molecule has 112 valence electrons. The van der Waals surface area contributed by atoms with Gasteiger partial charge in [0.2, 0.25) is 5.91 Å². The lowest BCUT2D eigenvalue weighted by Gasteiger charge is -2.25. The molecule has 1 fully saturated rings. The van der Waals surface area contributed by atoms with Crippen molar-refractivity contribution in [3.05, 3.63) is 6.33 Å².